The van der Waals surface area contributed by atoms with Gasteiger partial charge in [0.15, 0.2) is 11.5 Å². The van der Waals surface area contributed by atoms with Crippen molar-refractivity contribution in [3.05, 3.63) is 28.5 Å². The van der Waals surface area contributed by atoms with Crippen molar-refractivity contribution in [1.82, 2.24) is 0 Å². The fourth-order valence-electron chi connectivity index (χ4n) is 3.14. The molecule has 1 N–H and O–H groups in total. The van der Waals surface area contributed by atoms with Gasteiger partial charge in [-0.05, 0) is 0 Å². The average molecular weight is 375 g/mol. The standard InChI is InChI=1S/C16H13ClF2O6/c1-6-3-7(20)4-10(21)16(6)14(22)11-8(24-15(18)19)5-9(23-2)12(17)13(11)25-16/h4-6,15,21H,3H2,1-2H3/t6-,16+/m1/s1. The minimum Gasteiger partial charge on any atom is -0.507 e. The number of allylic oxidation sites excluding steroid dienone is 1. The number of hydrogen-bond donors (Lipinski definition) is 1. The quantitative estimate of drug-likeness (QED) is 0.874. The number of rotatable bonds is 3. The third-order valence-electron chi connectivity index (χ3n) is 4.29. The first-order valence-corrected chi connectivity index (χ1v) is 7.63. The Morgan fingerprint density at radius 2 is 2.08 bits per heavy atom. The number of Topliss-reactive ketones (excluding diaryl/α,β-unsaturated/α-hetero) is 1. The molecule has 0 aromatic heterocycles. The number of aliphatic hydroxyl groups excluding tert-OH is 1. The van der Waals surface area contributed by atoms with Gasteiger partial charge in [-0.1, -0.05) is 18.5 Å². The number of carbonyl (C=O) groups excluding carboxylic acids is 2. The van der Waals surface area contributed by atoms with Gasteiger partial charge in [-0.2, -0.15) is 8.78 Å². The Bertz CT molecular complexity index is 806. The molecule has 2 atom stereocenters. The zero-order chi connectivity index (χ0) is 18.5. The third-order valence-corrected chi connectivity index (χ3v) is 4.65. The number of halogens is 3. The lowest BCUT2D eigenvalue weighted by Crippen LogP contribution is -2.51. The Morgan fingerprint density at radius 1 is 1.40 bits per heavy atom. The van der Waals surface area contributed by atoms with Gasteiger partial charge < -0.3 is 19.3 Å². The molecule has 134 valence electrons. The summed E-state index contributed by atoms with van der Waals surface area (Å²) < 4.78 is 40.5. The number of carbonyl (C=O) groups is 2. The van der Waals surface area contributed by atoms with Crippen molar-refractivity contribution in [3.8, 4) is 17.2 Å². The minimum absolute atomic E-state index is 0.0380. The number of benzene rings is 1. The molecule has 0 bridgehead atoms. The highest BCUT2D eigenvalue weighted by Gasteiger charge is 2.59. The number of hydrogen-bond acceptors (Lipinski definition) is 6. The van der Waals surface area contributed by atoms with Gasteiger partial charge in [0.2, 0.25) is 11.4 Å². The summed E-state index contributed by atoms with van der Waals surface area (Å²) in [6.45, 7) is -1.67. The summed E-state index contributed by atoms with van der Waals surface area (Å²) in [5.74, 6) is -3.29. The largest absolute Gasteiger partial charge is 0.507 e. The molecule has 9 heteroatoms. The molecule has 1 aromatic carbocycles. The smallest absolute Gasteiger partial charge is 0.387 e. The van der Waals surface area contributed by atoms with Crippen LogP contribution >= 0.6 is 11.6 Å². The van der Waals surface area contributed by atoms with Crippen LogP contribution in [0.15, 0.2) is 17.9 Å². The van der Waals surface area contributed by atoms with Crippen LogP contribution in [0.25, 0.3) is 0 Å². The van der Waals surface area contributed by atoms with Crippen LogP contribution in [-0.4, -0.2) is 36.0 Å². The van der Waals surface area contributed by atoms with Gasteiger partial charge in [0.25, 0.3) is 0 Å². The van der Waals surface area contributed by atoms with Crippen molar-refractivity contribution in [2.45, 2.75) is 25.6 Å². The van der Waals surface area contributed by atoms with Gasteiger partial charge in [0.1, 0.15) is 27.8 Å². The van der Waals surface area contributed by atoms with Crippen LogP contribution in [0.5, 0.6) is 17.2 Å². The van der Waals surface area contributed by atoms with E-state index in [-0.39, 0.29) is 34.3 Å². The second-order valence-corrected chi connectivity index (χ2v) is 6.12. The minimum atomic E-state index is -3.20. The van der Waals surface area contributed by atoms with E-state index in [9.17, 15) is 23.5 Å². The maximum atomic E-state index is 13.0. The molecular formula is C16H13ClF2O6. The Labute approximate surface area is 145 Å². The lowest BCUT2D eigenvalue weighted by molar-refractivity contribution is -0.118. The van der Waals surface area contributed by atoms with Crippen LogP contribution in [0, 0.1) is 5.92 Å². The molecule has 3 rings (SSSR count). The molecular weight excluding hydrogens is 362 g/mol. The highest BCUT2D eigenvalue weighted by molar-refractivity contribution is 6.35. The molecule has 25 heavy (non-hydrogen) atoms. The normalized spacial score (nSPS) is 25.0. The number of ether oxygens (including phenoxy) is 3. The van der Waals surface area contributed by atoms with Crippen LogP contribution in [-0.2, 0) is 4.79 Å². The zero-order valence-electron chi connectivity index (χ0n) is 13.1. The Morgan fingerprint density at radius 3 is 2.64 bits per heavy atom. The van der Waals surface area contributed by atoms with E-state index >= 15 is 0 Å². The van der Waals surface area contributed by atoms with Crippen LogP contribution < -0.4 is 14.2 Å². The molecule has 1 aliphatic heterocycles. The Balaban J connectivity index is 2.23. The molecule has 1 spiro atoms. The first-order chi connectivity index (χ1) is 11.7. The molecule has 0 amide bonds. The molecule has 1 aromatic rings. The van der Waals surface area contributed by atoms with Gasteiger partial charge in [-0.3, -0.25) is 9.59 Å². The number of alkyl halides is 2. The van der Waals surface area contributed by atoms with Gasteiger partial charge in [0, 0.05) is 24.5 Å². The van der Waals surface area contributed by atoms with E-state index < -0.39 is 35.4 Å². The molecule has 0 saturated heterocycles. The Hall–Kier alpha value is -2.35. The SMILES string of the molecule is COc1cc(OC(F)F)c2c(c1Cl)O[C@]1(C2=O)C(O)=CC(=O)C[C@H]1C. The first-order valence-electron chi connectivity index (χ1n) is 7.25. The highest BCUT2D eigenvalue weighted by Crippen LogP contribution is 2.54. The summed E-state index contributed by atoms with van der Waals surface area (Å²) in [5.41, 5.74) is -2.24. The van der Waals surface area contributed by atoms with Crippen molar-refractivity contribution in [2.24, 2.45) is 5.92 Å². The molecule has 1 heterocycles. The van der Waals surface area contributed by atoms with Gasteiger partial charge >= 0.3 is 6.61 Å². The maximum Gasteiger partial charge on any atom is 0.387 e. The highest BCUT2D eigenvalue weighted by atomic mass is 35.5. The summed E-state index contributed by atoms with van der Waals surface area (Å²) in [6, 6.07) is 1.05. The van der Waals surface area contributed by atoms with Crippen LogP contribution in [0.2, 0.25) is 5.02 Å². The van der Waals surface area contributed by atoms with Gasteiger partial charge in [0.05, 0.1) is 7.11 Å². The fourth-order valence-corrected chi connectivity index (χ4v) is 3.40. The molecule has 0 radical (unpaired) electrons. The second-order valence-electron chi connectivity index (χ2n) is 5.74. The van der Waals surface area contributed by atoms with Crippen LogP contribution in [0.3, 0.4) is 0 Å². The maximum absolute atomic E-state index is 13.0. The monoisotopic (exact) mass is 374 g/mol. The summed E-state index contributed by atoms with van der Waals surface area (Å²) in [6.07, 6.45) is 0.826. The van der Waals surface area contributed by atoms with E-state index in [1.807, 2.05) is 0 Å². The molecule has 6 nitrogen and oxygen atoms in total. The van der Waals surface area contributed by atoms with E-state index in [4.69, 9.17) is 21.1 Å². The van der Waals surface area contributed by atoms with E-state index in [0.717, 1.165) is 12.1 Å². The summed E-state index contributed by atoms with van der Waals surface area (Å²) in [5, 5.41) is 10.1. The van der Waals surface area contributed by atoms with Crippen molar-refractivity contribution >= 4 is 23.2 Å². The molecule has 2 aliphatic rings. The molecule has 0 fully saturated rings. The number of ketones is 2. The van der Waals surface area contributed by atoms with Crippen molar-refractivity contribution in [3.63, 3.8) is 0 Å². The van der Waals surface area contributed by atoms with Crippen LogP contribution in [0.4, 0.5) is 8.78 Å². The number of fused-ring (bicyclic) bond motifs is 1. The predicted octanol–water partition coefficient (Wildman–Crippen LogP) is 3.31. The predicted molar refractivity (Wildman–Crippen MR) is 81.8 cm³/mol. The zero-order valence-corrected chi connectivity index (χ0v) is 13.9. The third kappa shape index (κ3) is 2.43. The molecule has 0 saturated carbocycles. The van der Waals surface area contributed by atoms with E-state index in [0.29, 0.717) is 0 Å². The topological polar surface area (TPSA) is 82.1 Å². The second kappa shape index (κ2) is 5.87. The lowest BCUT2D eigenvalue weighted by Gasteiger charge is -2.34. The average Bonchev–Trinajstić information content (AvgIpc) is 2.83. The summed E-state index contributed by atoms with van der Waals surface area (Å²) in [7, 11) is 1.26. The lowest BCUT2D eigenvalue weighted by atomic mass is 9.75. The summed E-state index contributed by atoms with van der Waals surface area (Å²) >= 11 is 6.14. The fraction of sp³-hybridized carbons (Fsp3) is 0.375. The Kier molecular flexibility index (Phi) is 4.10. The summed E-state index contributed by atoms with van der Waals surface area (Å²) in [4.78, 5) is 24.6. The van der Waals surface area contributed by atoms with Gasteiger partial charge in [-0.25, -0.2) is 0 Å². The van der Waals surface area contributed by atoms with E-state index in [2.05, 4.69) is 4.74 Å². The van der Waals surface area contributed by atoms with Crippen molar-refractivity contribution in [2.75, 3.05) is 7.11 Å². The van der Waals surface area contributed by atoms with E-state index in [1.54, 1.807) is 0 Å². The van der Waals surface area contributed by atoms with Crippen molar-refractivity contribution in [1.29, 1.82) is 0 Å². The molecule has 1 aliphatic carbocycles. The van der Waals surface area contributed by atoms with Gasteiger partial charge in [-0.15, -0.1) is 0 Å². The van der Waals surface area contributed by atoms with Crippen LogP contribution in [0.1, 0.15) is 23.7 Å². The molecule has 0 unspecified atom stereocenters. The number of methoxy groups -OCH3 is 1. The number of aliphatic hydroxyl groups is 1. The first kappa shape index (κ1) is 17.5. The van der Waals surface area contributed by atoms with Crippen molar-refractivity contribution < 1.29 is 37.7 Å². The van der Waals surface area contributed by atoms with E-state index in [1.165, 1.54) is 14.0 Å².